The quantitative estimate of drug-likeness (QED) is 0.815. The summed E-state index contributed by atoms with van der Waals surface area (Å²) in [5.74, 6) is 0.223. The van der Waals surface area contributed by atoms with Gasteiger partial charge in [0, 0.05) is 24.2 Å². The van der Waals surface area contributed by atoms with Crippen molar-refractivity contribution in [3.63, 3.8) is 0 Å². The fraction of sp³-hybridized carbons (Fsp3) is 0.562. The van der Waals surface area contributed by atoms with E-state index in [0.29, 0.717) is 0 Å². The van der Waals surface area contributed by atoms with Crippen LogP contribution >= 0.6 is 0 Å². The minimum atomic E-state index is -0.217. The van der Waals surface area contributed by atoms with Crippen LogP contribution in [-0.2, 0) is 11.2 Å². The first-order valence-corrected chi connectivity index (χ1v) is 7.57. The maximum atomic E-state index is 12.8. The number of piperidine rings is 1. The number of anilines is 1. The number of aliphatic hydroxyl groups excluding tert-OH is 1. The number of nitrogens with one attached hydrogen (secondary N) is 1. The molecule has 20 heavy (non-hydrogen) atoms. The monoisotopic (exact) mass is 272 g/mol. The Morgan fingerprint density at radius 3 is 2.60 bits per heavy atom. The molecule has 2 N–H and O–H groups in total. The Morgan fingerprint density at radius 1 is 1.20 bits per heavy atom. The number of amides is 1. The molecule has 3 aliphatic rings. The van der Waals surface area contributed by atoms with Gasteiger partial charge in [0.15, 0.2) is 0 Å². The molecule has 4 rings (SSSR count). The molecule has 4 heteroatoms. The molecular formula is C16H20N2O2. The molecule has 106 valence electrons. The molecule has 3 unspecified atom stereocenters. The first kappa shape index (κ1) is 12.2. The molecular weight excluding hydrogens is 252 g/mol. The topological polar surface area (TPSA) is 52.6 Å². The van der Waals surface area contributed by atoms with Gasteiger partial charge in [0.2, 0.25) is 5.91 Å². The van der Waals surface area contributed by atoms with Crippen LogP contribution in [0.3, 0.4) is 0 Å². The summed E-state index contributed by atoms with van der Waals surface area (Å²) < 4.78 is 0. The SMILES string of the molecule is O=C(C1Cc2ccccc2N1)N1C2CCC1CC(O)C2. The van der Waals surface area contributed by atoms with E-state index in [9.17, 15) is 9.90 Å². The Bertz CT molecular complexity index is 506. The van der Waals surface area contributed by atoms with Crippen molar-refractivity contribution in [3.05, 3.63) is 29.8 Å². The van der Waals surface area contributed by atoms with E-state index in [1.165, 1.54) is 5.56 Å². The van der Waals surface area contributed by atoms with E-state index in [1.54, 1.807) is 0 Å². The van der Waals surface area contributed by atoms with Crippen molar-refractivity contribution >= 4 is 11.6 Å². The van der Waals surface area contributed by atoms with E-state index in [1.807, 2.05) is 18.2 Å². The normalized spacial score (nSPS) is 34.8. The van der Waals surface area contributed by atoms with Gasteiger partial charge in [-0.2, -0.15) is 0 Å². The molecule has 3 heterocycles. The largest absolute Gasteiger partial charge is 0.393 e. The number of carbonyl (C=O) groups is 1. The number of aliphatic hydroxyl groups is 1. The molecule has 0 spiro atoms. The van der Waals surface area contributed by atoms with Crippen molar-refractivity contribution in [1.29, 1.82) is 0 Å². The number of hydrogen-bond donors (Lipinski definition) is 2. The number of nitrogens with zero attached hydrogens (tertiary/aromatic N) is 1. The maximum Gasteiger partial charge on any atom is 0.245 e. The average Bonchev–Trinajstić information content (AvgIpc) is 2.98. The molecule has 0 radical (unpaired) electrons. The predicted octanol–water partition coefficient (Wildman–Crippen LogP) is 1.54. The number of carbonyl (C=O) groups excluding carboxylic acids is 1. The molecule has 3 atom stereocenters. The summed E-state index contributed by atoms with van der Waals surface area (Å²) in [6, 6.07) is 8.53. The fourth-order valence-corrected chi connectivity index (χ4v) is 4.13. The van der Waals surface area contributed by atoms with E-state index in [4.69, 9.17) is 0 Å². The van der Waals surface area contributed by atoms with Crippen LogP contribution in [0.2, 0.25) is 0 Å². The zero-order chi connectivity index (χ0) is 13.7. The summed E-state index contributed by atoms with van der Waals surface area (Å²) in [6.07, 6.45) is 4.17. The van der Waals surface area contributed by atoms with Crippen LogP contribution in [0.25, 0.3) is 0 Å². The second-order valence-electron chi connectivity index (χ2n) is 6.31. The third kappa shape index (κ3) is 1.82. The van der Waals surface area contributed by atoms with E-state index in [0.717, 1.165) is 37.8 Å². The summed E-state index contributed by atoms with van der Waals surface area (Å²) in [5, 5.41) is 13.2. The molecule has 4 nitrogen and oxygen atoms in total. The fourth-order valence-electron chi connectivity index (χ4n) is 4.13. The molecule has 2 fully saturated rings. The van der Waals surface area contributed by atoms with Crippen molar-refractivity contribution in [2.75, 3.05) is 5.32 Å². The summed E-state index contributed by atoms with van der Waals surface area (Å²) in [7, 11) is 0. The molecule has 0 aliphatic carbocycles. The first-order valence-electron chi connectivity index (χ1n) is 7.57. The smallest absolute Gasteiger partial charge is 0.245 e. The predicted molar refractivity (Wildman–Crippen MR) is 76.5 cm³/mol. The third-order valence-corrected chi connectivity index (χ3v) is 5.03. The molecule has 1 aromatic carbocycles. The highest BCUT2D eigenvalue weighted by Gasteiger charge is 2.45. The highest BCUT2D eigenvalue weighted by molar-refractivity contribution is 5.88. The first-order chi connectivity index (χ1) is 9.72. The Hall–Kier alpha value is -1.55. The minimum absolute atomic E-state index is 0.120. The van der Waals surface area contributed by atoms with Crippen molar-refractivity contribution in [1.82, 2.24) is 4.90 Å². The van der Waals surface area contributed by atoms with Crippen LogP contribution in [0.1, 0.15) is 31.2 Å². The zero-order valence-corrected chi connectivity index (χ0v) is 11.5. The van der Waals surface area contributed by atoms with Gasteiger partial charge in [0.1, 0.15) is 6.04 Å². The summed E-state index contributed by atoms with van der Waals surface area (Å²) in [6.45, 7) is 0. The lowest BCUT2D eigenvalue weighted by Crippen LogP contribution is -2.52. The second-order valence-corrected chi connectivity index (χ2v) is 6.31. The molecule has 1 amide bonds. The van der Waals surface area contributed by atoms with Crippen molar-refractivity contribution < 1.29 is 9.90 Å². The number of benzene rings is 1. The van der Waals surface area contributed by atoms with E-state index >= 15 is 0 Å². The summed E-state index contributed by atoms with van der Waals surface area (Å²) in [4.78, 5) is 14.9. The van der Waals surface area contributed by atoms with Gasteiger partial charge in [0.25, 0.3) is 0 Å². The Labute approximate surface area is 118 Å². The van der Waals surface area contributed by atoms with E-state index in [2.05, 4.69) is 16.3 Å². The van der Waals surface area contributed by atoms with Gasteiger partial charge in [0.05, 0.1) is 6.10 Å². The van der Waals surface area contributed by atoms with Gasteiger partial charge in [-0.15, -0.1) is 0 Å². The van der Waals surface area contributed by atoms with Gasteiger partial charge < -0.3 is 15.3 Å². The van der Waals surface area contributed by atoms with Crippen molar-refractivity contribution in [2.24, 2.45) is 0 Å². The van der Waals surface area contributed by atoms with Crippen LogP contribution < -0.4 is 5.32 Å². The molecule has 2 saturated heterocycles. The molecule has 1 aromatic rings. The van der Waals surface area contributed by atoms with Gasteiger partial charge in [-0.05, 0) is 37.3 Å². The minimum Gasteiger partial charge on any atom is -0.393 e. The van der Waals surface area contributed by atoms with Crippen molar-refractivity contribution in [3.8, 4) is 0 Å². The van der Waals surface area contributed by atoms with Gasteiger partial charge in [-0.25, -0.2) is 0 Å². The summed E-state index contributed by atoms with van der Waals surface area (Å²) >= 11 is 0. The van der Waals surface area contributed by atoms with Crippen LogP contribution in [0.15, 0.2) is 24.3 Å². The average molecular weight is 272 g/mol. The third-order valence-electron chi connectivity index (χ3n) is 5.03. The van der Waals surface area contributed by atoms with Crippen LogP contribution in [0.5, 0.6) is 0 Å². The van der Waals surface area contributed by atoms with Gasteiger partial charge in [-0.3, -0.25) is 4.79 Å². The van der Waals surface area contributed by atoms with E-state index < -0.39 is 0 Å². The maximum absolute atomic E-state index is 12.8. The second kappa shape index (κ2) is 4.48. The Kier molecular flexibility index (Phi) is 2.74. The number of fused-ring (bicyclic) bond motifs is 3. The van der Waals surface area contributed by atoms with Crippen LogP contribution in [0.4, 0.5) is 5.69 Å². The highest BCUT2D eigenvalue weighted by atomic mass is 16.3. The standard InChI is InChI=1S/C16H20N2O2/c19-13-8-11-5-6-12(9-13)18(11)16(20)15-7-10-3-1-2-4-14(10)17-15/h1-4,11-13,15,17,19H,5-9H2. The van der Waals surface area contributed by atoms with Crippen LogP contribution in [0, 0.1) is 0 Å². The Balaban J connectivity index is 1.52. The van der Waals surface area contributed by atoms with Crippen molar-refractivity contribution in [2.45, 2.75) is 56.3 Å². The lowest BCUT2D eigenvalue weighted by molar-refractivity contribution is -0.138. The number of rotatable bonds is 1. The molecule has 3 aliphatic heterocycles. The molecule has 0 aromatic heterocycles. The number of para-hydroxylation sites is 1. The number of hydrogen-bond acceptors (Lipinski definition) is 3. The lowest BCUT2D eigenvalue weighted by atomic mass is 9.98. The molecule has 2 bridgehead atoms. The zero-order valence-electron chi connectivity index (χ0n) is 11.5. The van der Waals surface area contributed by atoms with E-state index in [-0.39, 0.29) is 30.1 Å². The molecule has 0 saturated carbocycles. The summed E-state index contributed by atoms with van der Waals surface area (Å²) in [5.41, 5.74) is 2.32. The van der Waals surface area contributed by atoms with Gasteiger partial charge in [-0.1, -0.05) is 18.2 Å². The lowest BCUT2D eigenvalue weighted by Gasteiger charge is -2.38. The Morgan fingerprint density at radius 2 is 1.90 bits per heavy atom. The highest BCUT2D eigenvalue weighted by Crippen LogP contribution is 2.37. The van der Waals surface area contributed by atoms with Gasteiger partial charge >= 0.3 is 0 Å². The van der Waals surface area contributed by atoms with Crippen LogP contribution in [-0.4, -0.2) is 40.1 Å².